The summed E-state index contributed by atoms with van der Waals surface area (Å²) in [6.45, 7) is 5.03. The molecule has 0 saturated heterocycles. The minimum absolute atomic E-state index is 0.268. The Morgan fingerprint density at radius 1 is 1.29 bits per heavy atom. The molecule has 90 valence electrons. The van der Waals surface area contributed by atoms with Crippen molar-refractivity contribution in [3.8, 4) is 12.0 Å². The molecule has 0 bridgehead atoms. The summed E-state index contributed by atoms with van der Waals surface area (Å²) in [7, 11) is 0. The van der Waals surface area contributed by atoms with Gasteiger partial charge in [-0.2, -0.15) is 24.7 Å². The van der Waals surface area contributed by atoms with Gasteiger partial charge < -0.3 is 10.1 Å². The fourth-order valence-corrected chi connectivity index (χ4v) is 1.19. The van der Waals surface area contributed by atoms with Crippen LogP contribution < -0.4 is 10.1 Å². The average molecular weight is 235 g/mol. The first kappa shape index (κ1) is 11.2. The molecule has 2 heterocycles. The van der Waals surface area contributed by atoms with Gasteiger partial charge in [0, 0.05) is 6.54 Å². The van der Waals surface area contributed by atoms with Crippen LogP contribution in [0.5, 0.6) is 6.01 Å². The van der Waals surface area contributed by atoms with Crippen molar-refractivity contribution < 1.29 is 4.74 Å². The van der Waals surface area contributed by atoms with Crippen molar-refractivity contribution in [2.24, 2.45) is 0 Å². The summed E-state index contributed by atoms with van der Waals surface area (Å²) >= 11 is 0. The number of aromatic nitrogens is 6. The molecular weight excluding hydrogens is 222 g/mol. The fourth-order valence-electron chi connectivity index (χ4n) is 1.19. The van der Waals surface area contributed by atoms with Crippen LogP contribution in [-0.2, 0) is 0 Å². The lowest BCUT2D eigenvalue weighted by molar-refractivity contribution is 0.311. The van der Waals surface area contributed by atoms with Gasteiger partial charge in [-0.05, 0) is 13.8 Å². The van der Waals surface area contributed by atoms with Gasteiger partial charge in [-0.15, -0.1) is 0 Å². The standard InChI is InChI=1S/C9H13N7O/c1-3-11-7-13-8(16-6-10-5-12-16)15-9(14-7)17-4-2/h5-6H,3-4H2,1-2H3,(H,11,13,14,15). The van der Waals surface area contributed by atoms with Crippen molar-refractivity contribution in [2.75, 3.05) is 18.5 Å². The summed E-state index contributed by atoms with van der Waals surface area (Å²) in [5.41, 5.74) is 0. The SMILES string of the molecule is CCNc1nc(OCC)nc(-n2cncn2)n1. The second kappa shape index (κ2) is 5.19. The highest BCUT2D eigenvalue weighted by Gasteiger charge is 2.08. The minimum atomic E-state index is 0.268. The van der Waals surface area contributed by atoms with Crippen molar-refractivity contribution in [1.29, 1.82) is 0 Å². The number of rotatable bonds is 5. The van der Waals surface area contributed by atoms with E-state index in [1.165, 1.54) is 17.3 Å². The number of nitrogens with zero attached hydrogens (tertiary/aromatic N) is 6. The monoisotopic (exact) mass is 235 g/mol. The second-order valence-corrected chi connectivity index (χ2v) is 3.04. The molecule has 0 fully saturated rings. The third-order valence-electron chi connectivity index (χ3n) is 1.84. The Bertz CT molecular complexity index is 446. The number of ether oxygens (including phenoxy) is 1. The van der Waals surface area contributed by atoms with Crippen LogP contribution >= 0.6 is 0 Å². The lowest BCUT2D eigenvalue weighted by atomic mass is 10.7. The lowest BCUT2D eigenvalue weighted by Crippen LogP contribution is -2.11. The smallest absolute Gasteiger partial charge is 0.323 e. The van der Waals surface area contributed by atoms with Gasteiger partial charge in [0.25, 0.3) is 5.95 Å². The number of nitrogens with one attached hydrogen (secondary N) is 1. The van der Waals surface area contributed by atoms with E-state index in [4.69, 9.17) is 4.74 Å². The van der Waals surface area contributed by atoms with E-state index in [0.717, 1.165) is 0 Å². The molecule has 8 heteroatoms. The number of anilines is 1. The van der Waals surface area contributed by atoms with E-state index in [1.807, 2.05) is 13.8 Å². The molecule has 17 heavy (non-hydrogen) atoms. The maximum absolute atomic E-state index is 5.27. The first-order valence-corrected chi connectivity index (χ1v) is 5.31. The summed E-state index contributed by atoms with van der Waals surface area (Å²) in [5, 5.41) is 6.96. The van der Waals surface area contributed by atoms with E-state index in [-0.39, 0.29) is 6.01 Å². The number of hydrogen-bond donors (Lipinski definition) is 1. The van der Waals surface area contributed by atoms with Crippen LogP contribution in [0, 0.1) is 0 Å². The molecule has 1 N–H and O–H groups in total. The zero-order chi connectivity index (χ0) is 12.1. The van der Waals surface area contributed by atoms with Crippen LogP contribution in [0.2, 0.25) is 0 Å². The van der Waals surface area contributed by atoms with Crippen LogP contribution in [0.1, 0.15) is 13.8 Å². The minimum Gasteiger partial charge on any atom is -0.464 e. The molecule has 0 aliphatic carbocycles. The maximum atomic E-state index is 5.27. The molecule has 2 aromatic heterocycles. The predicted octanol–water partition coefficient (Wildman–Crippen LogP) is 0.283. The van der Waals surface area contributed by atoms with Gasteiger partial charge >= 0.3 is 6.01 Å². The Balaban J connectivity index is 2.37. The highest BCUT2D eigenvalue weighted by atomic mass is 16.5. The predicted molar refractivity (Wildman–Crippen MR) is 60.1 cm³/mol. The van der Waals surface area contributed by atoms with Crippen LogP contribution in [0.15, 0.2) is 12.7 Å². The summed E-state index contributed by atoms with van der Waals surface area (Å²) in [5.74, 6) is 0.827. The molecular formula is C9H13N7O. The van der Waals surface area contributed by atoms with Crippen molar-refractivity contribution in [3.05, 3.63) is 12.7 Å². The Morgan fingerprint density at radius 2 is 2.18 bits per heavy atom. The van der Waals surface area contributed by atoms with Crippen LogP contribution in [0.4, 0.5) is 5.95 Å². The van der Waals surface area contributed by atoms with E-state index < -0.39 is 0 Å². The summed E-state index contributed by atoms with van der Waals surface area (Å²) < 4.78 is 6.72. The zero-order valence-electron chi connectivity index (χ0n) is 9.66. The summed E-state index contributed by atoms with van der Waals surface area (Å²) in [6.07, 6.45) is 2.93. The van der Waals surface area contributed by atoms with Gasteiger partial charge in [-0.1, -0.05) is 0 Å². The summed E-state index contributed by atoms with van der Waals surface area (Å²) in [4.78, 5) is 16.3. The Kier molecular flexibility index (Phi) is 3.43. The van der Waals surface area contributed by atoms with Gasteiger partial charge in [0.1, 0.15) is 12.7 Å². The molecule has 0 aliphatic heterocycles. The molecule has 0 radical (unpaired) electrons. The normalized spacial score (nSPS) is 10.2. The quantitative estimate of drug-likeness (QED) is 0.796. The van der Waals surface area contributed by atoms with Crippen LogP contribution in [-0.4, -0.2) is 42.9 Å². The Hall–Kier alpha value is -2.25. The molecule has 0 saturated carbocycles. The van der Waals surface area contributed by atoms with Crippen molar-refractivity contribution in [1.82, 2.24) is 29.7 Å². The lowest BCUT2D eigenvalue weighted by Gasteiger charge is -2.06. The highest BCUT2D eigenvalue weighted by Crippen LogP contribution is 2.09. The highest BCUT2D eigenvalue weighted by molar-refractivity contribution is 5.29. The Labute approximate surface area is 98.1 Å². The molecule has 0 unspecified atom stereocenters. The van der Waals surface area contributed by atoms with E-state index in [2.05, 4.69) is 30.4 Å². The Morgan fingerprint density at radius 3 is 2.82 bits per heavy atom. The van der Waals surface area contributed by atoms with Crippen LogP contribution in [0.25, 0.3) is 5.95 Å². The molecule has 0 aromatic carbocycles. The van der Waals surface area contributed by atoms with Gasteiger partial charge in [0.05, 0.1) is 6.61 Å². The number of hydrogen-bond acceptors (Lipinski definition) is 7. The fraction of sp³-hybridized carbons (Fsp3) is 0.444. The van der Waals surface area contributed by atoms with E-state index in [0.29, 0.717) is 25.0 Å². The van der Waals surface area contributed by atoms with Crippen molar-refractivity contribution in [3.63, 3.8) is 0 Å². The van der Waals surface area contributed by atoms with E-state index in [9.17, 15) is 0 Å². The van der Waals surface area contributed by atoms with E-state index in [1.54, 1.807) is 0 Å². The molecule has 0 atom stereocenters. The third-order valence-corrected chi connectivity index (χ3v) is 1.84. The molecule has 0 aliphatic rings. The molecule has 8 nitrogen and oxygen atoms in total. The van der Waals surface area contributed by atoms with Gasteiger partial charge in [0.15, 0.2) is 0 Å². The first-order valence-electron chi connectivity index (χ1n) is 5.31. The third kappa shape index (κ3) is 2.65. The molecule has 2 rings (SSSR count). The molecule has 2 aromatic rings. The molecule has 0 spiro atoms. The largest absolute Gasteiger partial charge is 0.464 e. The maximum Gasteiger partial charge on any atom is 0.323 e. The van der Waals surface area contributed by atoms with Gasteiger partial charge in [-0.25, -0.2) is 4.98 Å². The van der Waals surface area contributed by atoms with Gasteiger partial charge in [0.2, 0.25) is 5.95 Å². The molecule has 0 amide bonds. The van der Waals surface area contributed by atoms with E-state index >= 15 is 0 Å². The van der Waals surface area contributed by atoms with Crippen molar-refractivity contribution in [2.45, 2.75) is 13.8 Å². The van der Waals surface area contributed by atoms with Crippen molar-refractivity contribution >= 4 is 5.95 Å². The average Bonchev–Trinajstić information content (AvgIpc) is 2.83. The summed E-state index contributed by atoms with van der Waals surface area (Å²) in [6, 6.07) is 0.268. The van der Waals surface area contributed by atoms with Crippen LogP contribution in [0.3, 0.4) is 0 Å². The van der Waals surface area contributed by atoms with Gasteiger partial charge in [-0.3, -0.25) is 0 Å². The first-order chi connectivity index (χ1) is 8.33. The topological polar surface area (TPSA) is 90.6 Å². The second-order valence-electron chi connectivity index (χ2n) is 3.04. The zero-order valence-corrected chi connectivity index (χ0v) is 9.66.